The molecular weight excluding hydrogens is 460 g/mol. The molecule has 0 radical (unpaired) electrons. The Morgan fingerprint density at radius 2 is 1.70 bits per heavy atom. The van der Waals surface area contributed by atoms with E-state index in [0.29, 0.717) is 17.9 Å². The van der Waals surface area contributed by atoms with Gasteiger partial charge in [0.1, 0.15) is 5.75 Å². The van der Waals surface area contributed by atoms with E-state index >= 15 is 0 Å². The van der Waals surface area contributed by atoms with Gasteiger partial charge in [-0.1, -0.05) is 52.3 Å². The fourth-order valence-electron chi connectivity index (χ4n) is 3.11. The molecule has 0 bridgehead atoms. The summed E-state index contributed by atoms with van der Waals surface area (Å²) in [5, 5.41) is 6.05. The first kappa shape index (κ1) is 22.0. The lowest BCUT2D eigenvalue weighted by Gasteiger charge is -2.14. The van der Waals surface area contributed by atoms with Crippen LogP contribution in [0.1, 0.15) is 27.0 Å². The molecule has 2 N–H and O–H groups in total. The minimum absolute atomic E-state index is 0.236. The molecular formula is C24H23BrN2O2S. The van der Waals surface area contributed by atoms with Crippen molar-refractivity contribution in [1.29, 1.82) is 0 Å². The van der Waals surface area contributed by atoms with Crippen molar-refractivity contribution in [2.45, 2.75) is 20.3 Å². The first-order valence-corrected chi connectivity index (χ1v) is 10.8. The van der Waals surface area contributed by atoms with Gasteiger partial charge >= 0.3 is 0 Å². The van der Waals surface area contributed by atoms with Crippen molar-refractivity contribution in [3.63, 3.8) is 0 Å². The summed E-state index contributed by atoms with van der Waals surface area (Å²) in [6.45, 7) is 4.50. The Kier molecular flexibility index (Phi) is 7.60. The second kappa shape index (κ2) is 10.4. The minimum Gasteiger partial charge on any atom is -0.492 e. The number of thiocarbonyl (C=S) groups is 1. The van der Waals surface area contributed by atoms with Crippen molar-refractivity contribution in [1.82, 2.24) is 5.32 Å². The van der Waals surface area contributed by atoms with Gasteiger partial charge in [0.2, 0.25) is 0 Å². The quantitative estimate of drug-likeness (QED) is 0.435. The number of anilines is 1. The first-order valence-electron chi connectivity index (χ1n) is 9.57. The molecule has 0 spiro atoms. The van der Waals surface area contributed by atoms with Gasteiger partial charge in [-0.25, -0.2) is 0 Å². The standard InChI is InChI=1S/C24H23BrN2O2S/c1-16-12-17(2)14-20(13-16)26-24(30)27-23(28)21-15-19(25)8-9-22(21)29-11-10-18-6-4-3-5-7-18/h3-9,12-15H,10-11H2,1-2H3,(H2,26,27,28,30). The zero-order chi connectivity index (χ0) is 21.5. The molecule has 0 saturated carbocycles. The van der Waals surface area contributed by atoms with Crippen LogP contribution in [0.25, 0.3) is 0 Å². The van der Waals surface area contributed by atoms with Crippen LogP contribution in [-0.2, 0) is 6.42 Å². The van der Waals surface area contributed by atoms with Crippen LogP contribution in [0.5, 0.6) is 5.75 Å². The minimum atomic E-state index is -0.326. The Bertz CT molecular complexity index is 1030. The molecule has 0 fully saturated rings. The summed E-state index contributed by atoms with van der Waals surface area (Å²) < 4.78 is 6.69. The van der Waals surface area contributed by atoms with E-state index in [-0.39, 0.29) is 11.0 Å². The van der Waals surface area contributed by atoms with Gasteiger partial charge in [-0.3, -0.25) is 10.1 Å². The molecule has 0 aromatic heterocycles. The number of benzene rings is 3. The van der Waals surface area contributed by atoms with Crippen LogP contribution in [-0.4, -0.2) is 17.6 Å². The molecule has 0 heterocycles. The van der Waals surface area contributed by atoms with Crippen LogP contribution in [0.15, 0.2) is 71.2 Å². The van der Waals surface area contributed by atoms with Gasteiger partial charge in [0, 0.05) is 16.6 Å². The Hall–Kier alpha value is -2.70. The molecule has 0 aliphatic rings. The van der Waals surface area contributed by atoms with Crippen molar-refractivity contribution < 1.29 is 9.53 Å². The van der Waals surface area contributed by atoms with E-state index in [9.17, 15) is 4.79 Å². The molecule has 0 atom stereocenters. The number of halogens is 1. The van der Waals surface area contributed by atoms with E-state index in [0.717, 1.165) is 27.7 Å². The molecule has 0 unspecified atom stereocenters. The molecule has 6 heteroatoms. The number of hydrogen-bond acceptors (Lipinski definition) is 3. The lowest BCUT2D eigenvalue weighted by Crippen LogP contribution is -2.34. The van der Waals surface area contributed by atoms with Crippen molar-refractivity contribution >= 4 is 44.9 Å². The van der Waals surface area contributed by atoms with E-state index in [1.165, 1.54) is 5.56 Å². The summed E-state index contributed by atoms with van der Waals surface area (Å²) in [5.74, 6) is 0.189. The average Bonchev–Trinajstić information content (AvgIpc) is 2.69. The lowest BCUT2D eigenvalue weighted by molar-refractivity contribution is 0.0973. The van der Waals surface area contributed by atoms with E-state index in [1.807, 2.05) is 50.2 Å². The topological polar surface area (TPSA) is 50.4 Å². The van der Waals surface area contributed by atoms with Crippen LogP contribution in [0.3, 0.4) is 0 Å². The van der Waals surface area contributed by atoms with Crippen LogP contribution in [0.2, 0.25) is 0 Å². The number of ether oxygens (including phenoxy) is 1. The summed E-state index contributed by atoms with van der Waals surface area (Å²) >= 11 is 8.75. The third kappa shape index (κ3) is 6.40. The zero-order valence-electron chi connectivity index (χ0n) is 16.9. The van der Waals surface area contributed by atoms with Crippen molar-refractivity contribution in [2.24, 2.45) is 0 Å². The van der Waals surface area contributed by atoms with E-state index in [1.54, 1.807) is 12.1 Å². The normalized spacial score (nSPS) is 10.4. The largest absolute Gasteiger partial charge is 0.492 e. The van der Waals surface area contributed by atoms with Crippen molar-refractivity contribution in [3.8, 4) is 5.75 Å². The number of nitrogens with one attached hydrogen (secondary N) is 2. The highest BCUT2D eigenvalue weighted by atomic mass is 79.9. The zero-order valence-corrected chi connectivity index (χ0v) is 19.3. The molecule has 154 valence electrons. The van der Waals surface area contributed by atoms with Gasteiger partial charge in [-0.2, -0.15) is 0 Å². The van der Waals surface area contributed by atoms with Gasteiger partial charge in [-0.05, 0) is 73.1 Å². The summed E-state index contributed by atoms with van der Waals surface area (Å²) in [6, 6.07) is 21.5. The first-order chi connectivity index (χ1) is 14.4. The van der Waals surface area contributed by atoms with E-state index in [4.69, 9.17) is 17.0 Å². The van der Waals surface area contributed by atoms with Gasteiger partial charge in [0.25, 0.3) is 5.91 Å². The molecule has 1 amide bonds. The highest BCUT2D eigenvalue weighted by Gasteiger charge is 2.15. The number of rotatable bonds is 6. The predicted octanol–water partition coefficient (Wildman–Crippen LogP) is 5.81. The van der Waals surface area contributed by atoms with E-state index in [2.05, 4.69) is 44.8 Å². The summed E-state index contributed by atoms with van der Waals surface area (Å²) in [6.07, 6.45) is 0.755. The number of aryl methyl sites for hydroxylation is 2. The Labute approximate surface area is 190 Å². The summed E-state index contributed by atoms with van der Waals surface area (Å²) in [7, 11) is 0. The Morgan fingerprint density at radius 3 is 2.40 bits per heavy atom. The predicted molar refractivity (Wildman–Crippen MR) is 129 cm³/mol. The number of carbonyl (C=O) groups is 1. The maximum atomic E-state index is 12.8. The third-order valence-electron chi connectivity index (χ3n) is 4.38. The molecule has 0 saturated heterocycles. The fraction of sp³-hybridized carbons (Fsp3) is 0.167. The highest BCUT2D eigenvalue weighted by molar-refractivity contribution is 9.10. The van der Waals surface area contributed by atoms with Crippen molar-refractivity contribution in [2.75, 3.05) is 11.9 Å². The molecule has 0 aliphatic heterocycles. The van der Waals surface area contributed by atoms with Gasteiger partial charge < -0.3 is 10.1 Å². The molecule has 3 aromatic rings. The molecule has 3 rings (SSSR count). The molecule has 30 heavy (non-hydrogen) atoms. The van der Waals surface area contributed by atoms with Crippen molar-refractivity contribution in [3.05, 3.63) is 93.5 Å². The molecule has 4 nitrogen and oxygen atoms in total. The Balaban J connectivity index is 1.65. The second-order valence-corrected chi connectivity index (χ2v) is 8.33. The van der Waals surface area contributed by atoms with Gasteiger partial charge in [-0.15, -0.1) is 0 Å². The highest BCUT2D eigenvalue weighted by Crippen LogP contribution is 2.24. The summed E-state index contributed by atoms with van der Waals surface area (Å²) in [4.78, 5) is 12.8. The third-order valence-corrected chi connectivity index (χ3v) is 5.08. The van der Waals surface area contributed by atoms with Crippen LogP contribution < -0.4 is 15.4 Å². The van der Waals surface area contributed by atoms with Crippen LogP contribution >= 0.6 is 28.1 Å². The smallest absolute Gasteiger partial charge is 0.261 e. The van der Waals surface area contributed by atoms with Crippen LogP contribution in [0, 0.1) is 13.8 Å². The number of hydrogen-bond donors (Lipinski definition) is 2. The number of amides is 1. The SMILES string of the molecule is Cc1cc(C)cc(NC(=S)NC(=O)c2cc(Br)ccc2OCCc2ccccc2)c1. The van der Waals surface area contributed by atoms with Gasteiger partial charge in [0.05, 0.1) is 12.2 Å². The summed E-state index contributed by atoms with van der Waals surface area (Å²) in [5.41, 5.74) is 4.67. The maximum absolute atomic E-state index is 12.8. The Morgan fingerprint density at radius 1 is 1.00 bits per heavy atom. The maximum Gasteiger partial charge on any atom is 0.261 e. The molecule has 0 aliphatic carbocycles. The monoisotopic (exact) mass is 482 g/mol. The lowest BCUT2D eigenvalue weighted by atomic mass is 10.1. The molecule has 3 aromatic carbocycles. The van der Waals surface area contributed by atoms with Crippen LogP contribution in [0.4, 0.5) is 5.69 Å². The fourth-order valence-corrected chi connectivity index (χ4v) is 3.68. The second-order valence-electron chi connectivity index (χ2n) is 7.01. The average molecular weight is 483 g/mol. The number of carbonyl (C=O) groups excluding carboxylic acids is 1. The van der Waals surface area contributed by atoms with E-state index < -0.39 is 0 Å². The van der Waals surface area contributed by atoms with Gasteiger partial charge in [0.15, 0.2) is 5.11 Å².